The molecule has 0 spiro atoms. The SMILES string of the molecule is CC(N)C1CCCCN1Cc1ccc(Br)cc1.Cl. The van der Waals surface area contributed by atoms with Crippen molar-refractivity contribution in [2.45, 2.75) is 44.8 Å². The average molecular weight is 334 g/mol. The van der Waals surface area contributed by atoms with Gasteiger partial charge >= 0.3 is 0 Å². The number of nitrogens with zero attached hydrogens (tertiary/aromatic N) is 1. The molecule has 2 unspecified atom stereocenters. The van der Waals surface area contributed by atoms with E-state index in [1.807, 2.05) is 0 Å². The molecule has 0 saturated carbocycles. The van der Waals surface area contributed by atoms with Crippen LogP contribution in [0.1, 0.15) is 31.7 Å². The summed E-state index contributed by atoms with van der Waals surface area (Å²) in [6, 6.07) is 9.42. The third-order valence-electron chi connectivity index (χ3n) is 3.57. The Balaban J connectivity index is 0.00000162. The number of hydrogen-bond acceptors (Lipinski definition) is 2. The summed E-state index contributed by atoms with van der Waals surface area (Å²) < 4.78 is 1.14. The largest absolute Gasteiger partial charge is 0.327 e. The molecule has 0 bridgehead atoms. The third kappa shape index (κ3) is 4.23. The first-order valence-electron chi connectivity index (χ1n) is 6.41. The van der Waals surface area contributed by atoms with E-state index in [0.717, 1.165) is 11.0 Å². The highest BCUT2D eigenvalue weighted by Gasteiger charge is 2.25. The second-order valence-corrected chi connectivity index (χ2v) is 5.93. The average Bonchev–Trinajstić information content (AvgIpc) is 2.32. The van der Waals surface area contributed by atoms with Crippen molar-refractivity contribution in [1.29, 1.82) is 0 Å². The van der Waals surface area contributed by atoms with Crippen molar-refractivity contribution in [3.8, 4) is 0 Å². The van der Waals surface area contributed by atoms with Gasteiger partial charge in [-0.25, -0.2) is 0 Å². The predicted octanol–water partition coefficient (Wildman–Crippen LogP) is 3.57. The zero-order valence-corrected chi connectivity index (χ0v) is 13.2. The molecular formula is C14H22BrClN2. The Bertz CT molecular complexity index is 353. The second kappa shape index (κ2) is 7.49. The van der Waals surface area contributed by atoms with Crippen molar-refractivity contribution in [3.63, 3.8) is 0 Å². The number of likely N-dealkylation sites (tertiary alicyclic amines) is 1. The fourth-order valence-electron chi connectivity index (χ4n) is 2.63. The number of rotatable bonds is 3. The van der Waals surface area contributed by atoms with Crippen molar-refractivity contribution < 1.29 is 0 Å². The first-order valence-corrected chi connectivity index (χ1v) is 7.20. The Morgan fingerprint density at radius 2 is 2.00 bits per heavy atom. The van der Waals surface area contributed by atoms with Crippen molar-refractivity contribution >= 4 is 28.3 Å². The molecule has 0 radical (unpaired) electrons. The van der Waals surface area contributed by atoms with Gasteiger partial charge in [-0.2, -0.15) is 0 Å². The Labute approximate surface area is 124 Å². The van der Waals surface area contributed by atoms with Crippen molar-refractivity contribution in [2.75, 3.05) is 6.54 Å². The molecule has 2 rings (SSSR count). The van der Waals surface area contributed by atoms with E-state index in [1.54, 1.807) is 0 Å². The Morgan fingerprint density at radius 3 is 2.61 bits per heavy atom. The number of benzene rings is 1. The summed E-state index contributed by atoms with van der Waals surface area (Å²) in [6.45, 7) is 4.34. The maximum Gasteiger partial charge on any atom is 0.0248 e. The summed E-state index contributed by atoms with van der Waals surface area (Å²) in [6.07, 6.45) is 3.87. The van der Waals surface area contributed by atoms with Crippen LogP contribution in [-0.4, -0.2) is 23.5 Å². The van der Waals surface area contributed by atoms with E-state index >= 15 is 0 Å². The number of nitrogens with two attached hydrogens (primary N) is 1. The van der Waals surface area contributed by atoms with E-state index in [1.165, 1.54) is 31.4 Å². The monoisotopic (exact) mass is 332 g/mol. The Kier molecular flexibility index (Phi) is 6.64. The zero-order chi connectivity index (χ0) is 12.3. The van der Waals surface area contributed by atoms with Gasteiger partial charge in [0.05, 0.1) is 0 Å². The third-order valence-corrected chi connectivity index (χ3v) is 4.10. The minimum absolute atomic E-state index is 0. The van der Waals surface area contributed by atoms with Crippen LogP contribution in [0.2, 0.25) is 0 Å². The molecule has 1 aromatic rings. The lowest BCUT2D eigenvalue weighted by Gasteiger charge is -2.38. The lowest BCUT2D eigenvalue weighted by Crippen LogP contribution is -2.48. The van der Waals surface area contributed by atoms with Gasteiger partial charge in [0.1, 0.15) is 0 Å². The smallest absolute Gasteiger partial charge is 0.0248 e. The molecule has 1 aliphatic heterocycles. The van der Waals surface area contributed by atoms with E-state index in [-0.39, 0.29) is 18.4 Å². The highest BCUT2D eigenvalue weighted by Crippen LogP contribution is 2.22. The standard InChI is InChI=1S/C14H21BrN2.ClH/c1-11(16)14-4-2-3-9-17(14)10-12-5-7-13(15)8-6-12;/h5-8,11,14H,2-4,9-10,16H2,1H3;1H. The molecule has 1 saturated heterocycles. The van der Waals surface area contributed by atoms with Crippen LogP contribution >= 0.6 is 28.3 Å². The summed E-state index contributed by atoms with van der Waals surface area (Å²) in [5.41, 5.74) is 7.46. The minimum Gasteiger partial charge on any atom is -0.327 e. The maximum absolute atomic E-state index is 6.09. The van der Waals surface area contributed by atoms with Crippen molar-refractivity contribution in [3.05, 3.63) is 34.3 Å². The molecule has 0 amide bonds. The maximum atomic E-state index is 6.09. The van der Waals surface area contributed by atoms with Crippen LogP contribution in [-0.2, 0) is 6.54 Å². The van der Waals surface area contributed by atoms with Crippen molar-refractivity contribution in [1.82, 2.24) is 4.90 Å². The lowest BCUT2D eigenvalue weighted by atomic mass is 9.96. The molecule has 1 aromatic carbocycles. The highest BCUT2D eigenvalue weighted by atomic mass is 79.9. The molecule has 18 heavy (non-hydrogen) atoms. The van der Waals surface area contributed by atoms with Gasteiger partial charge in [-0.1, -0.05) is 34.5 Å². The first-order chi connectivity index (χ1) is 8.16. The molecule has 4 heteroatoms. The van der Waals surface area contributed by atoms with Gasteiger partial charge in [-0.15, -0.1) is 12.4 Å². The predicted molar refractivity (Wildman–Crippen MR) is 83.1 cm³/mol. The Morgan fingerprint density at radius 1 is 1.33 bits per heavy atom. The van der Waals surface area contributed by atoms with Crippen LogP contribution in [0.25, 0.3) is 0 Å². The van der Waals surface area contributed by atoms with E-state index in [2.05, 4.69) is 52.0 Å². The molecule has 2 nitrogen and oxygen atoms in total. The number of hydrogen-bond donors (Lipinski definition) is 1. The molecular weight excluding hydrogens is 312 g/mol. The molecule has 0 aromatic heterocycles. The highest BCUT2D eigenvalue weighted by molar-refractivity contribution is 9.10. The van der Waals surface area contributed by atoms with Gasteiger partial charge in [0.2, 0.25) is 0 Å². The van der Waals surface area contributed by atoms with E-state index in [0.29, 0.717) is 6.04 Å². The molecule has 2 N–H and O–H groups in total. The summed E-state index contributed by atoms with van der Waals surface area (Å²) >= 11 is 3.47. The van der Waals surface area contributed by atoms with E-state index in [9.17, 15) is 0 Å². The normalized spacial score (nSPS) is 22.3. The van der Waals surface area contributed by atoms with Crippen LogP contribution in [0.3, 0.4) is 0 Å². The molecule has 2 atom stereocenters. The summed E-state index contributed by atoms with van der Waals surface area (Å²) in [7, 11) is 0. The van der Waals surface area contributed by atoms with Crippen LogP contribution < -0.4 is 5.73 Å². The van der Waals surface area contributed by atoms with Gasteiger partial charge in [0, 0.05) is 23.1 Å². The first kappa shape index (κ1) is 16.0. The van der Waals surface area contributed by atoms with Crippen LogP contribution in [0, 0.1) is 0 Å². The number of piperidine rings is 1. The van der Waals surface area contributed by atoms with Gasteiger partial charge < -0.3 is 5.73 Å². The molecule has 102 valence electrons. The van der Waals surface area contributed by atoms with Crippen LogP contribution in [0.15, 0.2) is 28.7 Å². The van der Waals surface area contributed by atoms with E-state index < -0.39 is 0 Å². The Hall–Kier alpha value is -0.0900. The van der Waals surface area contributed by atoms with Gasteiger partial charge in [-0.3, -0.25) is 4.90 Å². The summed E-state index contributed by atoms with van der Waals surface area (Å²) in [4.78, 5) is 2.54. The second-order valence-electron chi connectivity index (χ2n) is 5.02. The van der Waals surface area contributed by atoms with Crippen LogP contribution in [0.4, 0.5) is 0 Å². The molecule has 1 fully saturated rings. The minimum atomic E-state index is 0. The number of halogens is 2. The zero-order valence-electron chi connectivity index (χ0n) is 10.8. The van der Waals surface area contributed by atoms with E-state index in [4.69, 9.17) is 5.73 Å². The summed E-state index contributed by atoms with van der Waals surface area (Å²) in [5, 5.41) is 0. The molecule has 0 aliphatic carbocycles. The molecule has 1 heterocycles. The quantitative estimate of drug-likeness (QED) is 0.916. The molecule has 1 aliphatic rings. The van der Waals surface area contributed by atoms with Crippen LogP contribution in [0.5, 0.6) is 0 Å². The fraction of sp³-hybridized carbons (Fsp3) is 0.571. The van der Waals surface area contributed by atoms with Gasteiger partial charge in [0.25, 0.3) is 0 Å². The topological polar surface area (TPSA) is 29.3 Å². The van der Waals surface area contributed by atoms with Gasteiger partial charge in [-0.05, 0) is 44.0 Å². The fourth-order valence-corrected chi connectivity index (χ4v) is 2.90. The lowest BCUT2D eigenvalue weighted by molar-refractivity contribution is 0.123. The van der Waals surface area contributed by atoms with Crippen molar-refractivity contribution in [2.24, 2.45) is 5.73 Å². The van der Waals surface area contributed by atoms with Gasteiger partial charge in [0.15, 0.2) is 0 Å². The summed E-state index contributed by atoms with van der Waals surface area (Å²) in [5.74, 6) is 0.